The monoisotopic (exact) mass is 446 g/mol. The number of anilines is 1. The SMILES string of the molecule is CC(C)(C)OC(=O)NCCC(=O)N1CCN(c2ccc(C(F)(F)F)cc2[N+](=O)[O-])CC1. The number of carbonyl (C=O) groups excluding carboxylic acids is 2. The van der Waals surface area contributed by atoms with Crippen molar-refractivity contribution >= 4 is 23.4 Å². The van der Waals surface area contributed by atoms with Crippen LogP contribution in [-0.4, -0.2) is 60.1 Å². The molecule has 31 heavy (non-hydrogen) atoms. The number of rotatable bonds is 5. The third-order valence-corrected chi connectivity index (χ3v) is 4.48. The van der Waals surface area contributed by atoms with E-state index >= 15 is 0 Å². The molecule has 12 heteroatoms. The lowest BCUT2D eigenvalue weighted by atomic mass is 10.1. The number of nitrogens with one attached hydrogen (secondary N) is 1. The van der Waals surface area contributed by atoms with Crippen molar-refractivity contribution in [1.29, 1.82) is 0 Å². The molecule has 0 atom stereocenters. The van der Waals surface area contributed by atoms with Crippen LogP contribution in [-0.2, 0) is 15.7 Å². The van der Waals surface area contributed by atoms with Gasteiger partial charge in [0, 0.05) is 45.2 Å². The summed E-state index contributed by atoms with van der Waals surface area (Å²) in [5.41, 5.74) is -2.28. The molecule has 0 aromatic heterocycles. The van der Waals surface area contributed by atoms with E-state index in [0.717, 1.165) is 12.1 Å². The zero-order chi connectivity index (χ0) is 23.4. The van der Waals surface area contributed by atoms with Crippen molar-refractivity contribution in [3.05, 3.63) is 33.9 Å². The van der Waals surface area contributed by atoms with Gasteiger partial charge in [-0.15, -0.1) is 0 Å². The third-order valence-electron chi connectivity index (χ3n) is 4.48. The minimum atomic E-state index is -4.68. The van der Waals surface area contributed by atoms with Crippen LogP contribution in [0.4, 0.5) is 29.3 Å². The van der Waals surface area contributed by atoms with Crippen molar-refractivity contribution in [1.82, 2.24) is 10.2 Å². The van der Waals surface area contributed by atoms with Crippen molar-refractivity contribution in [2.75, 3.05) is 37.6 Å². The molecule has 1 heterocycles. The molecule has 2 rings (SSSR count). The molecule has 1 aromatic rings. The maximum Gasteiger partial charge on any atom is 0.416 e. The van der Waals surface area contributed by atoms with Gasteiger partial charge >= 0.3 is 12.3 Å². The Balaban J connectivity index is 1.92. The second kappa shape index (κ2) is 9.40. The quantitative estimate of drug-likeness (QED) is 0.550. The Labute approximate surface area is 177 Å². The van der Waals surface area contributed by atoms with E-state index < -0.39 is 34.0 Å². The fraction of sp³-hybridized carbons (Fsp3) is 0.579. The Morgan fingerprint density at radius 1 is 1.16 bits per heavy atom. The highest BCUT2D eigenvalue weighted by Crippen LogP contribution is 2.36. The number of amides is 2. The van der Waals surface area contributed by atoms with E-state index in [1.807, 2.05) is 0 Å². The Bertz CT molecular complexity index is 831. The highest BCUT2D eigenvalue weighted by Gasteiger charge is 2.34. The molecule has 0 unspecified atom stereocenters. The molecule has 0 saturated carbocycles. The minimum absolute atomic E-state index is 0.0552. The number of benzene rings is 1. The average Bonchev–Trinajstić information content (AvgIpc) is 2.65. The summed E-state index contributed by atoms with van der Waals surface area (Å²) in [7, 11) is 0. The molecule has 1 aliphatic rings. The van der Waals surface area contributed by atoms with Crippen LogP contribution in [0.1, 0.15) is 32.8 Å². The van der Waals surface area contributed by atoms with Crippen LogP contribution in [0.3, 0.4) is 0 Å². The van der Waals surface area contributed by atoms with Crippen LogP contribution in [0.2, 0.25) is 0 Å². The molecule has 0 radical (unpaired) electrons. The summed E-state index contributed by atoms with van der Waals surface area (Å²) in [4.78, 5) is 37.5. The first-order chi connectivity index (χ1) is 14.3. The third kappa shape index (κ3) is 7.00. The van der Waals surface area contributed by atoms with Gasteiger partial charge in [-0.05, 0) is 32.9 Å². The summed E-state index contributed by atoms with van der Waals surface area (Å²) in [6.45, 7) is 6.23. The molecule has 2 amide bonds. The van der Waals surface area contributed by atoms with Crippen molar-refractivity contribution in [2.24, 2.45) is 0 Å². The normalized spacial score (nSPS) is 14.9. The highest BCUT2D eigenvalue weighted by atomic mass is 19.4. The number of halogens is 3. The van der Waals surface area contributed by atoms with Crippen LogP contribution < -0.4 is 10.2 Å². The fourth-order valence-electron chi connectivity index (χ4n) is 3.05. The standard InChI is InChI=1S/C19H25F3N4O5/c1-18(2,3)31-17(28)23-7-6-16(27)25-10-8-24(9-11-25)14-5-4-13(19(20,21)22)12-15(14)26(29)30/h4-5,12H,6-11H2,1-3H3,(H,23,28). The van der Waals surface area contributed by atoms with Gasteiger partial charge in [-0.3, -0.25) is 14.9 Å². The number of nitro benzene ring substituents is 1. The van der Waals surface area contributed by atoms with E-state index in [1.54, 1.807) is 30.6 Å². The predicted octanol–water partition coefficient (Wildman–Crippen LogP) is 3.18. The van der Waals surface area contributed by atoms with E-state index in [0.29, 0.717) is 6.07 Å². The van der Waals surface area contributed by atoms with Crippen LogP contribution in [0.25, 0.3) is 0 Å². The minimum Gasteiger partial charge on any atom is -0.444 e. The molecule has 1 aromatic carbocycles. The van der Waals surface area contributed by atoms with E-state index in [1.165, 1.54) is 0 Å². The first-order valence-electron chi connectivity index (χ1n) is 9.63. The number of ether oxygens (including phenoxy) is 1. The molecule has 0 aliphatic carbocycles. The van der Waals surface area contributed by atoms with Gasteiger partial charge in [-0.1, -0.05) is 0 Å². The van der Waals surface area contributed by atoms with Crippen LogP contribution in [0.5, 0.6) is 0 Å². The summed E-state index contributed by atoms with van der Waals surface area (Å²) in [6.07, 6.45) is -5.25. The lowest BCUT2D eigenvalue weighted by Gasteiger charge is -2.36. The number of nitrogens with zero attached hydrogens (tertiary/aromatic N) is 3. The van der Waals surface area contributed by atoms with E-state index in [-0.39, 0.29) is 50.7 Å². The van der Waals surface area contributed by atoms with E-state index in [4.69, 9.17) is 4.74 Å². The number of carbonyl (C=O) groups is 2. The van der Waals surface area contributed by atoms with Gasteiger partial charge < -0.3 is 19.9 Å². The second-order valence-corrected chi connectivity index (χ2v) is 8.00. The number of hydrogen-bond acceptors (Lipinski definition) is 6. The van der Waals surface area contributed by atoms with Crippen LogP contribution in [0.15, 0.2) is 18.2 Å². The molecular weight excluding hydrogens is 421 g/mol. The van der Waals surface area contributed by atoms with Crippen molar-refractivity contribution < 1.29 is 32.4 Å². The maximum atomic E-state index is 12.9. The second-order valence-electron chi connectivity index (χ2n) is 8.00. The van der Waals surface area contributed by atoms with Gasteiger partial charge in [0.25, 0.3) is 5.69 Å². The summed E-state index contributed by atoms with van der Waals surface area (Å²) in [6, 6.07) is 2.42. The molecule has 0 bridgehead atoms. The largest absolute Gasteiger partial charge is 0.444 e. The number of piperazine rings is 1. The maximum absolute atomic E-state index is 12.9. The Morgan fingerprint density at radius 3 is 2.29 bits per heavy atom. The fourth-order valence-corrected chi connectivity index (χ4v) is 3.05. The Hall–Kier alpha value is -3.05. The summed E-state index contributed by atoms with van der Waals surface area (Å²) < 4.78 is 43.7. The molecule has 172 valence electrons. The average molecular weight is 446 g/mol. The molecular formula is C19H25F3N4O5. The Morgan fingerprint density at radius 2 is 1.77 bits per heavy atom. The van der Waals surface area contributed by atoms with Gasteiger partial charge in [0.15, 0.2) is 0 Å². The van der Waals surface area contributed by atoms with Crippen LogP contribution in [0, 0.1) is 10.1 Å². The lowest BCUT2D eigenvalue weighted by molar-refractivity contribution is -0.384. The summed E-state index contributed by atoms with van der Waals surface area (Å²) >= 11 is 0. The first kappa shape index (κ1) is 24.2. The van der Waals surface area contributed by atoms with Crippen molar-refractivity contribution in [3.63, 3.8) is 0 Å². The van der Waals surface area contributed by atoms with Gasteiger partial charge in [0.1, 0.15) is 11.3 Å². The number of alkyl halides is 3. The van der Waals surface area contributed by atoms with Gasteiger partial charge in [0.2, 0.25) is 5.91 Å². The molecule has 1 N–H and O–H groups in total. The first-order valence-corrected chi connectivity index (χ1v) is 9.63. The smallest absolute Gasteiger partial charge is 0.416 e. The van der Waals surface area contributed by atoms with E-state index in [2.05, 4.69) is 5.32 Å². The molecule has 9 nitrogen and oxygen atoms in total. The predicted molar refractivity (Wildman–Crippen MR) is 106 cm³/mol. The lowest BCUT2D eigenvalue weighted by Crippen LogP contribution is -2.49. The highest BCUT2D eigenvalue weighted by molar-refractivity contribution is 5.78. The molecule has 1 fully saturated rings. The number of alkyl carbamates (subject to hydrolysis) is 1. The molecule has 1 saturated heterocycles. The zero-order valence-corrected chi connectivity index (χ0v) is 17.5. The van der Waals surface area contributed by atoms with E-state index in [9.17, 15) is 32.9 Å². The Kier molecular flexibility index (Phi) is 7.34. The molecule has 0 spiro atoms. The number of nitro groups is 1. The van der Waals surface area contributed by atoms with Gasteiger partial charge in [-0.25, -0.2) is 4.79 Å². The topological polar surface area (TPSA) is 105 Å². The zero-order valence-electron chi connectivity index (χ0n) is 17.5. The van der Waals surface area contributed by atoms with Crippen molar-refractivity contribution in [2.45, 2.75) is 39.0 Å². The summed E-state index contributed by atoms with van der Waals surface area (Å²) in [5, 5.41) is 13.8. The molecule has 1 aliphatic heterocycles. The van der Waals surface area contributed by atoms with Gasteiger partial charge in [0.05, 0.1) is 10.5 Å². The van der Waals surface area contributed by atoms with Gasteiger partial charge in [-0.2, -0.15) is 13.2 Å². The van der Waals surface area contributed by atoms with Crippen molar-refractivity contribution in [3.8, 4) is 0 Å². The number of hydrogen-bond donors (Lipinski definition) is 1. The van der Waals surface area contributed by atoms with Crippen LogP contribution >= 0.6 is 0 Å². The summed E-state index contributed by atoms with van der Waals surface area (Å²) in [5.74, 6) is -0.211.